The Hall–Kier alpha value is -1.72. The van der Waals surface area contributed by atoms with Gasteiger partial charge in [-0.15, -0.1) is 0 Å². The van der Waals surface area contributed by atoms with Gasteiger partial charge in [-0.2, -0.15) is 11.8 Å². The van der Waals surface area contributed by atoms with Crippen LogP contribution in [0.15, 0.2) is 42.5 Å². The molecule has 2 rings (SSSR count). The van der Waals surface area contributed by atoms with Crippen LogP contribution in [0.1, 0.15) is 17.5 Å². The van der Waals surface area contributed by atoms with Gasteiger partial charge in [-0.05, 0) is 35.7 Å². The first-order valence-corrected chi connectivity index (χ1v) is 9.53. The summed E-state index contributed by atoms with van der Waals surface area (Å²) in [5, 5.41) is 3.43. The minimum Gasteiger partial charge on any atom is -0.495 e. The lowest BCUT2D eigenvalue weighted by molar-refractivity contribution is -0.120. The summed E-state index contributed by atoms with van der Waals surface area (Å²) >= 11 is 7.67. The second-order valence-corrected chi connectivity index (χ2v) is 6.98. The summed E-state index contributed by atoms with van der Waals surface area (Å²) < 4.78 is 18.6. The van der Waals surface area contributed by atoms with Crippen LogP contribution in [-0.4, -0.2) is 25.3 Å². The van der Waals surface area contributed by atoms with E-state index in [2.05, 4.69) is 5.32 Å². The van der Waals surface area contributed by atoms with Gasteiger partial charge in [-0.25, -0.2) is 4.39 Å². The molecule has 0 bridgehead atoms. The molecule has 0 saturated heterocycles. The van der Waals surface area contributed by atoms with Crippen molar-refractivity contribution in [3.05, 3.63) is 64.4 Å². The number of thioether (sulfide) groups is 1. The Bertz CT molecular complexity index is 712. The molecule has 1 N–H and O–H groups in total. The lowest BCUT2D eigenvalue weighted by atomic mass is 10.1. The topological polar surface area (TPSA) is 38.3 Å². The minimum atomic E-state index is -0.183. The number of nitrogens with one attached hydrogen (secondary N) is 1. The summed E-state index contributed by atoms with van der Waals surface area (Å²) in [5.41, 5.74) is 1.69. The van der Waals surface area contributed by atoms with Crippen LogP contribution < -0.4 is 10.1 Å². The van der Waals surface area contributed by atoms with Gasteiger partial charge in [-0.1, -0.05) is 35.9 Å². The molecule has 0 spiro atoms. The van der Waals surface area contributed by atoms with E-state index in [1.54, 1.807) is 37.1 Å². The number of hydrogen-bond acceptors (Lipinski definition) is 3. The van der Waals surface area contributed by atoms with Crippen LogP contribution in [0.2, 0.25) is 5.02 Å². The molecule has 0 radical (unpaired) electrons. The SMILES string of the molecule is COc1ccc(CCC(=O)NCCSCc2ccccc2F)cc1Cl. The third-order valence-corrected chi connectivity index (χ3v) is 4.94. The number of methoxy groups -OCH3 is 1. The van der Waals surface area contributed by atoms with Crippen molar-refractivity contribution in [3.63, 3.8) is 0 Å². The number of carbonyl (C=O) groups is 1. The van der Waals surface area contributed by atoms with Gasteiger partial charge in [0.2, 0.25) is 5.91 Å². The molecule has 0 heterocycles. The molecule has 0 saturated carbocycles. The molecule has 25 heavy (non-hydrogen) atoms. The molecule has 0 aliphatic carbocycles. The maximum Gasteiger partial charge on any atom is 0.220 e. The maximum absolute atomic E-state index is 13.5. The molecule has 2 aromatic rings. The summed E-state index contributed by atoms with van der Waals surface area (Å²) in [6.45, 7) is 0.571. The molecule has 0 aromatic heterocycles. The second-order valence-electron chi connectivity index (χ2n) is 5.46. The predicted molar refractivity (Wildman–Crippen MR) is 102 cm³/mol. The number of carbonyl (C=O) groups excluding carboxylic acids is 1. The molecular formula is C19H21ClFNO2S. The molecule has 0 fully saturated rings. The van der Waals surface area contributed by atoms with Gasteiger partial charge in [0.05, 0.1) is 12.1 Å². The molecule has 0 aliphatic heterocycles. The van der Waals surface area contributed by atoms with Crippen molar-refractivity contribution in [2.24, 2.45) is 0 Å². The van der Waals surface area contributed by atoms with Crippen LogP contribution in [0.25, 0.3) is 0 Å². The highest BCUT2D eigenvalue weighted by Gasteiger charge is 2.06. The van der Waals surface area contributed by atoms with E-state index in [9.17, 15) is 9.18 Å². The third kappa shape index (κ3) is 6.59. The van der Waals surface area contributed by atoms with Crippen LogP contribution >= 0.6 is 23.4 Å². The third-order valence-electron chi connectivity index (χ3n) is 3.64. The Morgan fingerprint density at radius 2 is 2.08 bits per heavy atom. The van der Waals surface area contributed by atoms with Crippen LogP contribution in [0, 0.1) is 5.82 Å². The molecule has 0 unspecified atom stereocenters. The van der Waals surface area contributed by atoms with E-state index in [1.807, 2.05) is 18.2 Å². The second kappa shape index (κ2) is 10.3. The van der Waals surface area contributed by atoms with E-state index < -0.39 is 0 Å². The highest BCUT2D eigenvalue weighted by molar-refractivity contribution is 7.98. The minimum absolute atomic E-state index is 0.00145. The first kappa shape index (κ1) is 19.6. The number of ether oxygens (including phenoxy) is 1. The van der Waals surface area contributed by atoms with Gasteiger partial charge in [0.1, 0.15) is 11.6 Å². The average Bonchev–Trinajstić information content (AvgIpc) is 2.61. The van der Waals surface area contributed by atoms with Crippen molar-refractivity contribution >= 4 is 29.3 Å². The van der Waals surface area contributed by atoms with Gasteiger partial charge < -0.3 is 10.1 Å². The van der Waals surface area contributed by atoms with Crippen molar-refractivity contribution in [1.29, 1.82) is 0 Å². The number of rotatable bonds is 9. The number of benzene rings is 2. The molecular weight excluding hydrogens is 361 g/mol. The molecule has 0 aliphatic rings. The Kier molecular flexibility index (Phi) is 8.09. The zero-order valence-electron chi connectivity index (χ0n) is 14.1. The summed E-state index contributed by atoms with van der Waals surface area (Å²) in [6, 6.07) is 12.3. The van der Waals surface area contributed by atoms with Gasteiger partial charge in [-0.3, -0.25) is 4.79 Å². The first-order valence-electron chi connectivity index (χ1n) is 8.00. The van der Waals surface area contributed by atoms with Gasteiger partial charge in [0.25, 0.3) is 0 Å². The molecule has 2 aromatic carbocycles. The van der Waals surface area contributed by atoms with Crippen molar-refractivity contribution in [2.45, 2.75) is 18.6 Å². The van der Waals surface area contributed by atoms with E-state index in [0.29, 0.717) is 41.5 Å². The fourth-order valence-corrected chi connectivity index (χ4v) is 3.40. The van der Waals surface area contributed by atoms with Crippen LogP contribution in [-0.2, 0) is 17.0 Å². The predicted octanol–water partition coefficient (Wildman–Crippen LogP) is 4.47. The van der Waals surface area contributed by atoms with Crippen LogP contribution in [0.5, 0.6) is 5.75 Å². The zero-order chi connectivity index (χ0) is 18.1. The Morgan fingerprint density at radius 3 is 2.80 bits per heavy atom. The van der Waals surface area contributed by atoms with Gasteiger partial charge >= 0.3 is 0 Å². The molecule has 1 amide bonds. The van der Waals surface area contributed by atoms with Crippen molar-refractivity contribution in [1.82, 2.24) is 5.32 Å². The van der Waals surface area contributed by atoms with Crippen molar-refractivity contribution < 1.29 is 13.9 Å². The Balaban J connectivity index is 1.62. The fraction of sp³-hybridized carbons (Fsp3) is 0.316. The Labute approximate surface area is 156 Å². The van der Waals surface area contributed by atoms with E-state index in [-0.39, 0.29) is 11.7 Å². The molecule has 134 valence electrons. The van der Waals surface area contributed by atoms with Crippen molar-refractivity contribution in [3.8, 4) is 5.75 Å². The van der Waals surface area contributed by atoms with Gasteiger partial charge in [0, 0.05) is 24.5 Å². The quantitative estimate of drug-likeness (QED) is 0.651. The number of amides is 1. The number of aryl methyl sites for hydroxylation is 1. The molecule has 6 heteroatoms. The zero-order valence-corrected chi connectivity index (χ0v) is 15.6. The number of hydrogen-bond donors (Lipinski definition) is 1. The molecule has 3 nitrogen and oxygen atoms in total. The lowest BCUT2D eigenvalue weighted by Gasteiger charge is -2.07. The van der Waals surface area contributed by atoms with E-state index >= 15 is 0 Å². The highest BCUT2D eigenvalue weighted by atomic mass is 35.5. The standard InChI is InChI=1S/C19H21ClFNO2S/c1-24-18-8-6-14(12-16(18)20)7-9-19(23)22-10-11-25-13-15-4-2-3-5-17(15)21/h2-6,8,12H,7,9-11,13H2,1H3,(H,22,23). The monoisotopic (exact) mass is 381 g/mol. The Morgan fingerprint density at radius 1 is 1.28 bits per heavy atom. The van der Waals surface area contributed by atoms with Crippen LogP contribution in [0.3, 0.4) is 0 Å². The smallest absolute Gasteiger partial charge is 0.220 e. The van der Waals surface area contributed by atoms with E-state index in [0.717, 1.165) is 11.3 Å². The summed E-state index contributed by atoms with van der Waals surface area (Å²) in [5.74, 6) is 1.79. The first-order chi connectivity index (χ1) is 12.1. The summed E-state index contributed by atoms with van der Waals surface area (Å²) in [6.07, 6.45) is 1.03. The largest absolute Gasteiger partial charge is 0.495 e. The summed E-state index contributed by atoms with van der Waals surface area (Å²) in [7, 11) is 1.57. The fourth-order valence-electron chi connectivity index (χ4n) is 2.27. The normalized spacial score (nSPS) is 10.5. The average molecular weight is 382 g/mol. The number of halogens is 2. The van der Waals surface area contributed by atoms with E-state index in [4.69, 9.17) is 16.3 Å². The summed E-state index contributed by atoms with van der Waals surface area (Å²) in [4.78, 5) is 11.9. The molecule has 0 atom stereocenters. The van der Waals surface area contributed by atoms with Crippen molar-refractivity contribution in [2.75, 3.05) is 19.4 Å². The maximum atomic E-state index is 13.5. The lowest BCUT2D eigenvalue weighted by Crippen LogP contribution is -2.25. The highest BCUT2D eigenvalue weighted by Crippen LogP contribution is 2.25. The van der Waals surface area contributed by atoms with Gasteiger partial charge in [0.15, 0.2) is 0 Å². The van der Waals surface area contributed by atoms with E-state index in [1.165, 1.54) is 6.07 Å². The van der Waals surface area contributed by atoms with Crippen LogP contribution in [0.4, 0.5) is 4.39 Å².